The van der Waals surface area contributed by atoms with Crippen molar-refractivity contribution in [1.29, 1.82) is 0 Å². The lowest BCUT2D eigenvalue weighted by molar-refractivity contribution is -0.118. The fourth-order valence-electron chi connectivity index (χ4n) is 2.33. The molecule has 1 heterocycles. The number of ketones is 1. The minimum absolute atomic E-state index is 0.0578. The fraction of sp³-hybridized carbons (Fsp3) is 0.364. The predicted molar refractivity (Wildman–Crippen MR) is 52.8 cm³/mol. The molecule has 0 aromatic heterocycles. The van der Waals surface area contributed by atoms with Crippen LogP contribution in [0.25, 0.3) is 0 Å². The molecule has 1 aliphatic heterocycles. The number of hydrogen-bond donors (Lipinski definition) is 0. The van der Waals surface area contributed by atoms with E-state index < -0.39 is 0 Å². The van der Waals surface area contributed by atoms with Gasteiger partial charge in [-0.3, -0.25) is 4.79 Å². The van der Waals surface area contributed by atoms with E-state index in [2.05, 4.69) is 0 Å². The monoisotopic (exact) mass is 208 g/mol. The van der Waals surface area contributed by atoms with Crippen LogP contribution in [0.15, 0.2) is 18.2 Å². The average Bonchev–Trinajstić information content (AvgIpc) is 2.73. The molecular formula is C11H9ClO2. The second-order valence-corrected chi connectivity index (χ2v) is 4.31. The molecule has 0 saturated heterocycles. The van der Waals surface area contributed by atoms with E-state index in [4.69, 9.17) is 16.3 Å². The van der Waals surface area contributed by atoms with Gasteiger partial charge >= 0.3 is 0 Å². The number of ether oxygens (including phenoxy) is 1. The third kappa shape index (κ3) is 0.894. The molecule has 1 aliphatic carbocycles. The number of fused-ring (bicyclic) bond motifs is 3. The number of halogens is 1. The maximum atomic E-state index is 11.2. The molecule has 1 fully saturated rings. The van der Waals surface area contributed by atoms with Crippen molar-refractivity contribution in [2.24, 2.45) is 5.92 Å². The number of rotatable bonds is 1. The Morgan fingerprint density at radius 3 is 3.00 bits per heavy atom. The Labute approximate surface area is 86.8 Å². The molecule has 1 aromatic rings. The Bertz CT molecular complexity index is 427. The second-order valence-electron chi connectivity index (χ2n) is 3.90. The van der Waals surface area contributed by atoms with E-state index in [1.165, 1.54) is 0 Å². The quantitative estimate of drug-likeness (QED) is 0.709. The van der Waals surface area contributed by atoms with Gasteiger partial charge in [-0.1, -0.05) is 23.7 Å². The number of benzene rings is 1. The number of hydrogen-bond acceptors (Lipinski definition) is 2. The molecule has 0 radical (unpaired) electrons. The van der Waals surface area contributed by atoms with Gasteiger partial charge in [-0.15, -0.1) is 0 Å². The Hall–Kier alpha value is -1.02. The van der Waals surface area contributed by atoms with E-state index in [1.807, 2.05) is 18.2 Å². The van der Waals surface area contributed by atoms with Crippen molar-refractivity contribution in [3.63, 3.8) is 0 Å². The minimum Gasteiger partial charge on any atom is -0.487 e. The van der Waals surface area contributed by atoms with Crippen molar-refractivity contribution >= 4 is 17.4 Å². The van der Waals surface area contributed by atoms with Gasteiger partial charge in [0.15, 0.2) is 0 Å². The predicted octanol–water partition coefficient (Wildman–Crippen LogP) is 2.40. The van der Waals surface area contributed by atoms with Gasteiger partial charge < -0.3 is 4.74 Å². The van der Waals surface area contributed by atoms with Crippen LogP contribution >= 0.6 is 11.6 Å². The molecule has 14 heavy (non-hydrogen) atoms. The Kier molecular flexibility index (Phi) is 1.49. The molecule has 0 N–H and O–H groups in total. The molecular weight excluding hydrogens is 200 g/mol. The summed E-state index contributed by atoms with van der Waals surface area (Å²) in [6.45, 7) is 1.62. The third-order valence-electron chi connectivity index (χ3n) is 3.03. The molecule has 2 nitrogen and oxygen atoms in total. The van der Waals surface area contributed by atoms with Gasteiger partial charge in [0.1, 0.15) is 17.6 Å². The van der Waals surface area contributed by atoms with Crippen LogP contribution in [0.4, 0.5) is 0 Å². The summed E-state index contributed by atoms with van der Waals surface area (Å²) >= 11 is 5.97. The average molecular weight is 209 g/mol. The van der Waals surface area contributed by atoms with Crippen molar-refractivity contribution in [2.45, 2.75) is 18.9 Å². The Morgan fingerprint density at radius 1 is 1.50 bits per heavy atom. The van der Waals surface area contributed by atoms with Gasteiger partial charge in [-0.05, 0) is 13.0 Å². The lowest BCUT2D eigenvalue weighted by Crippen LogP contribution is -2.06. The summed E-state index contributed by atoms with van der Waals surface area (Å²) in [6, 6.07) is 5.71. The van der Waals surface area contributed by atoms with Crippen molar-refractivity contribution in [3.05, 3.63) is 28.8 Å². The van der Waals surface area contributed by atoms with E-state index in [0.717, 1.165) is 11.3 Å². The second kappa shape index (κ2) is 2.51. The summed E-state index contributed by atoms with van der Waals surface area (Å²) in [5, 5.41) is 0.650. The largest absolute Gasteiger partial charge is 0.487 e. The van der Waals surface area contributed by atoms with Crippen LogP contribution in [0.1, 0.15) is 18.4 Å². The van der Waals surface area contributed by atoms with Crippen LogP contribution in [0.3, 0.4) is 0 Å². The molecule has 3 heteroatoms. The number of Topliss-reactive ketones (excluding diaryl/α,β-unsaturated/α-hetero) is 1. The first-order chi connectivity index (χ1) is 6.70. The van der Waals surface area contributed by atoms with E-state index in [9.17, 15) is 4.79 Å². The van der Waals surface area contributed by atoms with Crippen molar-refractivity contribution in [2.75, 3.05) is 0 Å². The molecule has 3 atom stereocenters. The van der Waals surface area contributed by atoms with Crippen LogP contribution < -0.4 is 4.74 Å². The maximum absolute atomic E-state index is 11.2. The van der Waals surface area contributed by atoms with Crippen LogP contribution in [-0.4, -0.2) is 11.9 Å². The van der Waals surface area contributed by atoms with E-state index >= 15 is 0 Å². The first kappa shape index (κ1) is 8.30. The van der Waals surface area contributed by atoms with Crippen LogP contribution in [0, 0.1) is 5.92 Å². The maximum Gasteiger partial charge on any atom is 0.142 e. The highest BCUT2D eigenvalue weighted by atomic mass is 35.5. The summed E-state index contributed by atoms with van der Waals surface area (Å²) in [7, 11) is 0. The number of carbonyl (C=O) groups excluding carboxylic acids is 1. The summed E-state index contributed by atoms with van der Waals surface area (Å²) in [5.74, 6) is 1.33. The standard InChI is InChI=1S/C11H9ClO2/c1-5(13)8-9-6-3-2-4-7(12)10(6)14-11(8)9/h2-4,8-9,11H,1H3/t8-,9-,11+/m1/s1. The van der Waals surface area contributed by atoms with Gasteiger partial charge in [0.25, 0.3) is 0 Å². The van der Waals surface area contributed by atoms with Crippen molar-refractivity contribution < 1.29 is 9.53 Å². The zero-order valence-corrected chi connectivity index (χ0v) is 8.41. The van der Waals surface area contributed by atoms with Crippen LogP contribution in [0.5, 0.6) is 5.75 Å². The number of para-hydroxylation sites is 1. The Balaban J connectivity index is 2.03. The first-order valence-electron chi connectivity index (χ1n) is 4.65. The van der Waals surface area contributed by atoms with Crippen molar-refractivity contribution in [1.82, 2.24) is 0 Å². The highest BCUT2D eigenvalue weighted by Crippen LogP contribution is 2.59. The molecule has 0 unspecified atom stereocenters. The topological polar surface area (TPSA) is 26.3 Å². The summed E-state index contributed by atoms with van der Waals surface area (Å²) < 4.78 is 5.63. The molecule has 3 rings (SSSR count). The molecule has 0 bridgehead atoms. The molecule has 0 spiro atoms. The first-order valence-corrected chi connectivity index (χ1v) is 5.03. The summed E-state index contributed by atoms with van der Waals surface area (Å²) in [5.41, 5.74) is 1.10. The SMILES string of the molecule is CC(=O)[C@H]1[C@@H]2Oc3c(Cl)cccc3[C@@H]21. The zero-order valence-electron chi connectivity index (χ0n) is 7.66. The minimum atomic E-state index is 0.0578. The lowest BCUT2D eigenvalue weighted by atomic mass is 10.1. The molecule has 0 amide bonds. The molecule has 72 valence electrons. The summed E-state index contributed by atoms with van der Waals surface area (Å²) in [6.07, 6.45) is 0.0578. The van der Waals surface area contributed by atoms with Gasteiger partial charge in [-0.2, -0.15) is 0 Å². The zero-order chi connectivity index (χ0) is 9.87. The normalized spacial score (nSPS) is 31.7. The van der Waals surface area contributed by atoms with E-state index in [1.54, 1.807) is 6.92 Å². The summed E-state index contributed by atoms with van der Waals surface area (Å²) in [4.78, 5) is 11.2. The molecule has 1 saturated carbocycles. The Morgan fingerprint density at radius 2 is 2.29 bits per heavy atom. The van der Waals surface area contributed by atoms with Crippen LogP contribution in [-0.2, 0) is 4.79 Å². The van der Waals surface area contributed by atoms with Gasteiger partial charge in [0.05, 0.1) is 10.9 Å². The van der Waals surface area contributed by atoms with Crippen LogP contribution in [0.2, 0.25) is 5.02 Å². The third-order valence-corrected chi connectivity index (χ3v) is 3.33. The highest BCUT2D eigenvalue weighted by molar-refractivity contribution is 6.32. The van der Waals surface area contributed by atoms with Gasteiger partial charge in [-0.25, -0.2) is 0 Å². The fourth-order valence-corrected chi connectivity index (χ4v) is 2.56. The van der Waals surface area contributed by atoms with E-state index in [0.29, 0.717) is 5.02 Å². The lowest BCUT2D eigenvalue weighted by Gasteiger charge is -2.07. The number of carbonyl (C=O) groups is 1. The smallest absolute Gasteiger partial charge is 0.142 e. The molecule has 2 aliphatic rings. The highest BCUT2D eigenvalue weighted by Gasteiger charge is 2.61. The van der Waals surface area contributed by atoms with Gasteiger partial charge in [0.2, 0.25) is 0 Å². The van der Waals surface area contributed by atoms with E-state index in [-0.39, 0.29) is 23.7 Å². The van der Waals surface area contributed by atoms with Gasteiger partial charge in [0, 0.05) is 11.5 Å². The molecule has 1 aromatic carbocycles. The van der Waals surface area contributed by atoms with Crippen molar-refractivity contribution in [3.8, 4) is 5.75 Å².